The van der Waals surface area contributed by atoms with E-state index >= 15 is 0 Å². The molecule has 3 aliphatic rings. The largest absolute Gasteiger partial charge is 0.494 e. The maximum atomic E-state index is 13.1. The number of morpholine rings is 1. The van der Waals surface area contributed by atoms with E-state index in [1.54, 1.807) is 0 Å². The molecule has 1 aromatic carbocycles. The summed E-state index contributed by atoms with van der Waals surface area (Å²) < 4.78 is 17.8. The van der Waals surface area contributed by atoms with Crippen molar-refractivity contribution < 1.29 is 18.8 Å². The average molecular weight is 451 g/mol. The molecule has 2 saturated heterocycles. The number of ether oxygens (including phenoxy) is 1. The Hall–Kier alpha value is -2.16. The number of imidazole rings is 1. The van der Waals surface area contributed by atoms with Gasteiger partial charge in [-0.3, -0.25) is 4.79 Å². The molecule has 3 atom stereocenters. The SMILES string of the molecule is C[C@@H]1COCCN1C(=O)C1CCC1c1ncc(-c2ccc(B3OC(C)(C)C(C)(C)O3)cc2)[nH]1. The number of aromatic nitrogens is 2. The van der Waals surface area contributed by atoms with Crippen molar-refractivity contribution in [3.8, 4) is 11.3 Å². The predicted octanol–water partition coefficient (Wildman–Crippen LogP) is 3.12. The molecule has 2 aromatic rings. The summed E-state index contributed by atoms with van der Waals surface area (Å²) in [5.41, 5.74) is 2.30. The Labute approximate surface area is 196 Å². The Bertz CT molecular complexity index is 1000. The summed E-state index contributed by atoms with van der Waals surface area (Å²) in [5, 5.41) is 0. The first-order valence-electron chi connectivity index (χ1n) is 12.1. The fourth-order valence-electron chi connectivity index (χ4n) is 4.86. The van der Waals surface area contributed by atoms with E-state index < -0.39 is 0 Å². The first kappa shape index (κ1) is 22.6. The van der Waals surface area contributed by atoms with Gasteiger partial charge in [0.1, 0.15) is 5.82 Å². The topological polar surface area (TPSA) is 76.7 Å². The molecule has 0 radical (unpaired) electrons. The van der Waals surface area contributed by atoms with Crippen molar-refractivity contribution in [1.82, 2.24) is 14.9 Å². The Balaban J connectivity index is 1.27. The Kier molecular flexibility index (Phi) is 5.66. The molecule has 0 spiro atoms. The summed E-state index contributed by atoms with van der Waals surface area (Å²) in [4.78, 5) is 23.2. The highest BCUT2D eigenvalue weighted by Gasteiger charge is 2.51. The third-order valence-corrected chi connectivity index (χ3v) is 7.94. The molecule has 8 heteroatoms. The van der Waals surface area contributed by atoms with E-state index in [-0.39, 0.29) is 42.1 Å². The lowest BCUT2D eigenvalue weighted by Crippen LogP contribution is -2.52. The number of amides is 1. The summed E-state index contributed by atoms with van der Waals surface area (Å²) in [6.45, 7) is 12.2. The summed E-state index contributed by atoms with van der Waals surface area (Å²) in [6.07, 6.45) is 3.78. The van der Waals surface area contributed by atoms with E-state index in [1.165, 1.54) is 0 Å². The highest BCUT2D eigenvalue weighted by molar-refractivity contribution is 6.62. The summed E-state index contributed by atoms with van der Waals surface area (Å²) in [5.74, 6) is 1.32. The molecule has 1 aliphatic carbocycles. The predicted molar refractivity (Wildman–Crippen MR) is 127 cm³/mol. The first-order valence-corrected chi connectivity index (χ1v) is 12.1. The lowest BCUT2D eigenvalue weighted by molar-refractivity contribution is -0.147. The van der Waals surface area contributed by atoms with Gasteiger partial charge in [0.15, 0.2) is 0 Å². The van der Waals surface area contributed by atoms with E-state index in [0.29, 0.717) is 19.8 Å². The van der Waals surface area contributed by atoms with E-state index in [1.807, 2.05) is 23.2 Å². The van der Waals surface area contributed by atoms with Crippen LogP contribution in [0.3, 0.4) is 0 Å². The van der Waals surface area contributed by atoms with Crippen LogP contribution in [0.15, 0.2) is 30.5 Å². The van der Waals surface area contributed by atoms with Crippen molar-refractivity contribution >= 4 is 18.5 Å². The minimum Gasteiger partial charge on any atom is -0.399 e. The molecule has 3 heterocycles. The number of benzene rings is 1. The van der Waals surface area contributed by atoms with Gasteiger partial charge in [0.2, 0.25) is 5.91 Å². The highest BCUT2D eigenvalue weighted by atomic mass is 16.7. The zero-order valence-electron chi connectivity index (χ0n) is 20.3. The van der Waals surface area contributed by atoms with Crippen LogP contribution < -0.4 is 5.46 Å². The van der Waals surface area contributed by atoms with Crippen molar-refractivity contribution in [2.45, 2.75) is 70.6 Å². The molecule has 33 heavy (non-hydrogen) atoms. The fourth-order valence-corrected chi connectivity index (χ4v) is 4.86. The molecule has 0 bridgehead atoms. The Morgan fingerprint density at radius 1 is 1.12 bits per heavy atom. The van der Waals surface area contributed by atoms with Gasteiger partial charge in [-0.2, -0.15) is 0 Å². The molecule has 5 rings (SSSR count). The van der Waals surface area contributed by atoms with Gasteiger partial charge < -0.3 is 23.9 Å². The van der Waals surface area contributed by atoms with Crippen LogP contribution in [-0.2, 0) is 18.8 Å². The van der Waals surface area contributed by atoms with Gasteiger partial charge in [-0.05, 0) is 58.5 Å². The minimum atomic E-state index is -0.370. The van der Waals surface area contributed by atoms with Gasteiger partial charge in [-0.15, -0.1) is 0 Å². The van der Waals surface area contributed by atoms with Gasteiger partial charge in [-0.1, -0.05) is 24.3 Å². The standard InChI is InChI=1S/C25H34BN3O4/c1-16-15-31-13-12-29(16)23(30)20-11-10-19(20)22-27-14-21(28-22)17-6-8-18(9-7-17)26-32-24(2,3)25(4,5)33-26/h6-9,14,16,19-20H,10-13,15H2,1-5H3,(H,27,28)/t16-,19?,20?/m1/s1. The number of H-pyrrole nitrogens is 1. The number of nitrogens with zero attached hydrogens (tertiary/aromatic N) is 2. The molecule has 1 N–H and O–H groups in total. The zero-order valence-corrected chi connectivity index (χ0v) is 20.3. The molecule has 176 valence electrons. The number of aromatic amines is 1. The second-order valence-electron chi connectivity index (χ2n) is 10.6. The van der Waals surface area contributed by atoms with Crippen molar-refractivity contribution in [1.29, 1.82) is 0 Å². The number of nitrogens with one attached hydrogen (secondary N) is 1. The summed E-state index contributed by atoms with van der Waals surface area (Å²) >= 11 is 0. The third kappa shape index (κ3) is 4.02. The van der Waals surface area contributed by atoms with Crippen LogP contribution in [-0.4, -0.2) is 64.9 Å². The molecule has 1 saturated carbocycles. The molecule has 3 fully saturated rings. The van der Waals surface area contributed by atoms with Gasteiger partial charge in [0.05, 0.1) is 42.3 Å². The molecule has 7 nitrogen and oxygen atoms in total. The third-order valence-electron chi connectivity index (χ3n) is 7.94. The van der Waals surface area contributed by atoms with Crippen LogP contribution in [0.4, 0.5) is 0 Å². The minimum absolute atomic E-state index is 0.00954. The maximum Gasteiger partial charge on any atom is 0.494 e. The van der Waals surface area contributed by atoms with E-state index in [4.69, 9.17) is 14.0 Å². The van der Waals surface area contributed by atoms with Crippen molar-refractivity contribution in [3.63, 3.8) is 0 Å². The zero-order chi connectivity index (χ0) is 23.4. The average Bonchev–Trinajstić information content (AvgIpc) is 3.29. The monoisotopic (exact) mass is 451 g/mol. The number of hydrogen-bond donors (Lipinski definition) is 1. The quantitative estimate of drug-likeness (QED) is 0.723. The van der Waals surface area contributed by atoms with Gasteiger partial charge >= 0.3 is 7.12 Å². The first-order chi connectivity index (χ1) is 15.7. The van der Waals surface area contributed by atoms with Crippen LogP contribution in [0.25, 0.3) is 11.3 Å². The summed E-state index contributed by atoms with van der Waals surface area (Å²) in [7, 11) is -0.370. The second kappa shape index (κ2) is 8.26. The second-order valence-corrected chi connectivity index (χ2v) is 10.6. The lowest BCUT2D eigenvalue weighted by atomic mass is 9.72. The van der Waals surface area contributed by atoms with E-state index in [2.05, 4.69) is 56.7 Å². The van der Waals surface area contributed by atoms with E-state index in [9.17, 15) is 4.79 Å². The number of rotatable bonds is 4. The maximum absolute atomic E-state index is 13.1. The van der Waals surface area contributed by atoms with Crippen LogP contribution in [0.5, 0.6) is 0 Å². The number of hydrogen-bond acceptors (Lipinski definition) is 5. The van der Waals surface area contributed by atoms with Crippen molar-refractivity contribution in [3.05, 3.63) is 36.3 Å². The Morgan fingerprint density at radius 3 is 2.42 bits per heavy atom. The van der Waals surface area contributed by atoms with Crippen LogP contribution in [0.1, 0.15) is 59.2 Å². The molecular weight excluding hydrogens is 417 g/mol. The van der Waals surface area contributed by atoms with Gasteiger partial charge in [0, 0.05) is 18.4 Å². The lowest BCUT2D eigenvalue weighted by Gasteiger charge is -2.41. The van der Waals surface area contributed by atoms with Crippen molar-refractivity contribution in [2.24, 2.45) is 5.92 Å². The molecule has 1 amide bonds. The number of carbonyl (C=O) groups is 1. The number of carbonyl (C=O) groups excluding carboxylic acids is 1. The molecule has 2 unspecified atom stereocenters. The van der Waals surface area contributed by atoms with Crippen LogP contribution in [0.2, 0.25) is 0 Å². The fraction of sp³-hybridized carbons (Fsp3) is 0.600. The molecule has 2 aliphatic heterocycles. The normalized spacial score (nSPS) is 28.6. The smallest absolute Gasteiger partial charge is 0.399 e. The van der Waals surface area contributed by atoms with Crippen LogP contribution >= 0.6 is 0 Å². The Morgan fingerprint density at radius 2 is 1.82 bits per heavy atom. The summed E-state index contributed by atoms with van der Waals surface area (Å²) in [6, 6.07) is 8.37. The van der Waals surface area contributed by atoms with Gasteiger partial charge in [-0.25, -0.2) is 4.98 Å². The molecular formula is C25H34BN3O4. The molecule has 1 aromatic heterocycles. The van der Waals surface area contributed by atoms with Crippen LogP contribution in [0, 0.1) is 5.92 Å². The van der Waals surface area contributed by atoms with Crippen molar-refractivity contribution in [2.75, 3.05) is 19.8 Å². The highest BCUT2D eigenvalue weighted by Crippen LogP contribution is 2.43. The van der Waals surface area contributed by atoms with Gasteiger partial charge in [0.25, 0.3) is 0 Å². The van der Waals surface area contributed by atoms with E-state index in [0.717, 1.165) is 35.4 Å².